The van der Waals surface area contributed by atoms with Crippen LogP contribution in [0.1, 0.15) is 24.2 Å². The first kappa shape index (κ1) is 18.7. The molecule has 4 rings (SSSR count). The molecule has 0 unspecified atom stereocenters. The van der Waals surface area contributed by atoms with Crippen molar-refractivity contribution in [3.05, 3.63) is 60.3 Å². The van der Waals surface area contributed by atoms with Crippen molar-refractivity contribution in [1.82, 2.24) is 19.7 Å². The maximum absolute atomic E-state index is 12.1. The molecule has 2 aromatic heterocycles. The van der Waals surface area contributed by atoms with Gasteiger partial charge in [0.15, 0.2) is 0 Å². The summed E-state index contributed by atoms with van der Waals surface area (Å²) < 4.78 is 3.30. The summed E-state index contributed by atoms with van der Waals surface area (Å²) in [6.07, 6.45) is 1.90. The molecule has 2 aromatic carbocycles. The average Bonchev–Trinajstić information content (AvgIpc) is 3.17. The quantitative estimate of drug-likeness (QED) is 0.492. The van der Waals surface area contributed by atoms with Crippen molar-refractivity contribution in [2.24, 2.45) is 5.92 Å². The Hall–Kier alpha value is -2.65. The number of rotatable bonds is 5. The van der Waals surface area contributed by atoms with Crippen LogP contribution in [0.2, 0.25) is 5.21 Å². The van der Waals surface area contributed by atoms with E-state index in [4.69, 9.17) is 9.97 Å². The van der Waals surface area contributed by atoms with E-state index in [0.717, 1.165) is 37.6 Å². The number of aromatic nitrogens is 3. The van der Waals surface area contributed by atoms with Gasteiger partial charge in [-0.15, -0.1) is 0 Å². The van der Waals surface area contributed by atoms with Gasteiger partial charge in [0.25, 0.3) is 0 Å². The molecular weight excluding hydrogens is 411 g/mol. The minimum absolute atomic E-state index is 0.0609. The van der Waals surface area contributed by atoms with Gasteiger partial charge in [-0.25, -0.2) is 0 Å². The van der Waals surface area contributed by atoms with E-state index < -0.39 is 0 Å². The van der Waals surface area contributed by atoms with Crippen molar-refractivity contribution >= 4 is 42.8 Å². The SMILES string of the molecule is CNC(=O)c1cccc(-c2cnc3c([As]CC(C)C)nc4ccccc4n23)c1. The third-order valence-electron chi connectivity index (χ3n) is 4.56. The fraction of sp³-hybridized carbons (Fsp3) is 0.227. The summed E-state index contributed by atoms with van der Waals surface area (Å²) in [6, 6.07) is 15.8. The number of hydrogen-bond donors (Lipinski definition) is 1. The van der Waals surface area contributed by atoms with Gasteiger partial charge in [-0.2, -0.15) is 0 Å². The Morgan fingerprint density at radius 2 is 2.00 bits per heavy atom. The van der Waals surface area contributed by atoms with E-state index in [-0.39, 0.29) is 21.7 Å². The second-order valence-electron chi connectivity index (χ2n) is 7.12. The van der Waals surface area contributed by atoms with Gasteiger partial charge in [-0.3, -0.25) is 0 Å². The number of benzene rings is 2. The zero-order valence-corrected chi connectivity index (χ0v) is 18.1. The normalized spacial score (nSPS) is 11.9. The summed E-state index contributed by atoms with van der Waals surface area (Å²) >= 11 is -0.0609. The molecule has 0 aliphatic carbocycles. The molecule has 0 aliphatic heterocycles. The second kappa shape index (κ2) is 7.76. The zero-order valence-electron chi connectivity index (χ0n) is 16.2. The van der Waals surface area contributed by atoms with E-state index in [1.54, 1.807) is 7.05 Å². The molecule has 0 bridgehead atoms. The fourth-order valence-corrected chi connectivity index (χ4v) is 5.34. The molecular formula is C22H22AsN4O. The predicted molar refractivity (Wildman–Crippen MR) is 114 cm³/mol. The Balaban J connectivity index is 1.94. The number of carbonyl (C=O) groups is 1. The van der Waals surface area contributed by atoms with E-state index in [1.807, 2.05) is 42.6 Å². The number of para-hydroxylation sites is 2. The predicted octanol–water partition coefficient (Wildman–Crippen LogP) is 3.31. The summed E-state index contributed by atoms with van der Waals surface area (Å²) in [5, 5.41) is 3.85. The summed E-state index contributed by atoms with van der Waals surface area (Å²) in [5.74, 6) is 0.553. The van der Waals surface area contributed by atoms with Crippen molar-refractivity contribution in [2.75, 3.05) is 7.05 Å². The zero-order chi connectivity index (χ0) is 19.7. The van der Waals surface area contributed by atoms with Gasteiger partial charge in [0.2, 0.25) is 0 Å². The summed E-state index contributed by atoms with van der Waals surface area (Å²) in [6.45, 7) is 4.49. The van der Waals surface area contributed by atoms with Crippen molar-refractivity contribution in [1.29, 1.82) is 0 Å². The van der Waals surface area contributed by atoms with Crippen LogP contribution in [0.3, 0.4) is 0 Å². The van der Waals surface area contributed by atoms with Crippen LogP contribution in [-0.2, 0) is 0 Å². The fourth-order valence-electron chi connectivity index (χ4n) is 3.21. The maximum atomic E-state index is 12.1. The van der Waals surface area contributed by atoms with E-state index in [0.29, 0.717) is 11.5 Å². The van der Waals surface area contributed by atoms with Gasteiger partial charge >= 0.3 is 171 Å². The van der Waals surface area contributed by atoms with Crippen LogP contribution in [0.5, 0.6) is 0 Å². The third-order valence-corrected chi connectivity index (χ3v) is 7.74. The van der Waals surface area contributed by atoms with Gasteiger partial charge in [0.05, 0.1) is 0 Å². The van der Waals surface area contributed by atoms with Crippen LogP contribution in [0.25, 0.3) is 27.9 Å². The molecule has 0 saturated heterocycles. The number of carbonyl (C=O) groups excluding carboxylic acids is 1. The molecule has 0 atom stereocenters. The molecule has 4 aromatic rings. The topological polar surface area (TPSA) is 59.3 Å². The number of nitrogens with one attached hydrogen (secondary N) is 1. The first-order valence-electron chi connectivity index (χ1n) is 9.34. The number of imidazole rings is 1. The molecule has 28 heavy (non-hydrogen) atoms. The Morgan fingerprint density at radius 3 is 2.79 bits per heavy atom. The standard InChI is InChI=1S/C22H22AsN4O/c1-14(2)12-23-20-21-25-13-19(15-7-6-8-16(11-15)22(28)24-3)27(21)18-10-5-4-9-17(18)26-20/h4-11,13-14H,12H2,1-3H3,(H,24,28). The Morgan fingerprint density at radius 1 is 1.18 bits per heavy atom. The van der Waals surface area contributed by atoms with Gasteiger partial charge in [-0.05, 0) is 0 Å². The Kier molecular flexibility index (Phi) is 5.18. The molecule has 141 valence electrons. The van der Waals surface area contributed by atoms with E-state index in [2.05, 4.69) is 35.7 Å². The molecule has 5 nitrogen and oxygen atoms in total. The molecule has 0 spiro atoms. The van der Waals surface area contributed by atoms with Crippen molar-refractivity contribution in [3.8, 4) is 11.3 Å². The molecule has 0 saturated carbocycles. The first-order chi connectivity index (χ1) is 13.6. The number of hydrogen-bond acceptors (Lipinski definition) is 3. The van der Waals surface area contributed by atoms with Crippen LogP contribution in [-0.4, -0.2) is 43.1 Å². The van der Waals surface area contributed by atoms with Crippen molar-refractivity contribution in [2.45, 2.75) is 19.1 Å². The molecule has 1 amide bonds. The molecule has 1 radical (unpaired) electrons. The van der Waals surface area contributed by atoms with Crippen LogP contribution in [0, 0.1) is 5.92 Å². The second-order valence-corrected chi connectivity index (χ2v) is 9.44. The third kappa shape index (κ3) is 3.43. The van der Waals surface area contributed by atoms with Crippen LogP contribution in [0.4, 0.5) is 0 Å². The Labute approximate surface area is 170 Å². The summed E-state index contributed by atoms with van der Waals surface area (Å²) in [4.78, 5) is 21.8. The molecule has 1 N–H and O–H groups in total. The summed E-state index contributed by atoms with van der Waals surface area (Å²) in [5.41, 5.74) is 5.53. The van der Waals surface area contributed by atoms with Crippen LogP contribution < -0.4 is 9.80 Å². The van der Waals surface area contributed by atoms with E-state index in [1.165, 1.54) is 0 Å². The van der Waals surface area contributed by atoms with Crippen molar-refractivity contribution in [3.63, 3.8) is 0 Å². The Bertz CT molecular complexity index is 1170. The molecule has 0 aliphatic rings. The van der Waals surface area contributed by atoms with Gasteiger partial charge < -0.3 is 0 Å². The van der Waals surface area contributed by atoms with Crippen LogP contribution >= 0.6 is 0 Å². The summed E-state index contributed by atoms with van der Waals surface area (Å²) in [7, 11) is 1.65. The minimum atomic E-state index is -0.0928. The van der Waals surface area contributed by atoms with E-state index >= 15 is 0 Å². The molecule has 6 heteroatoms. The van der Waals surface area contributed by atoms with Crippen molar-refractivity contribution < 1.29 is 4.79 Å². The number of fused-ring (bicyclic) bond motifs is 3. The molecule has 0 fully saturated rings. The number of amides is 1. The molecule has 2 heterocycles. The van der Waals surface area contributed by atoms with E-state index in [9.17, 15) is 4.79 Å². The van der Waals surface area contributed by atoms with Gasteiger partial charge in [0, 0.05) is 0 Å². The van der Waals surface area contributed by atoms with Gasteiger partial charge in [0.1, 0.15) is 0 Å². The average molecular weight is 433 g/mol. The van der Waals surface area contributed by atoms with Gasteiger partial charge in [-0.1, -0.05) is 0 Å². The first-order valence-corrected chi connectivity index (χ1v) is 11.6. The monoisotopic (exact) mass is 433 g/mol. The number of nitrogens with zero attached hydrogens (tertiary/aromatic N) is 3. The van der Waals surface area contributed by atoms with Crippen LogP contribution in [0.15, 0.2) is 54.7 Å².